The second kappa shape index (κ2) is 8.25. The van der Waals surface area contributed by atoms with Gasteiger partial charge in [-0.1, -0.05) is 34.1 Å². The van der Waals surface area contributed by atoms with Crippen molar-refractivity contribution in [3.05, 3.63) is 0 Å². The van der Waals surface area contributed by atoms with Crippen molar-refractivity contribution in [2.45, 2.75) is 46.6 Å². The van der Waals surface area contributed by atoms with E-state index in [2.05, 4.69) is 45.0 Å². The van der Waals surface area contributed by atoms with Crippen LogP contribution in [0.4, 0.5) is 0 Å². The van der Waals surface area contributed by atoms with E-state index in [0.717, 1.165) is 5.92 Å². The highest BCUT2D eigenvalue weighted by Gasteiger charge is 2.13. The summed E-state index contributed by atoms with van der Waals surface area (Å²) in [5.41, 5.74) is 0. The van der Waals surface area contributed by atoms with Gasteiger partial charge in [-0.05, 0) is 32.5 Å². The highest BCUT2D eigenvalue weighted by Crippen LogP contribution is 2.04. The quantitative estimate of drug-likeness (QED) is 0.647. The zero-order valence-corrected chi connectivity index (χ0v) is 10.6. The van der Waals surface area contributed by atoms with E-state index in [1.54, 1.807) is 0 Å². The molecule has 0 saturated carbocycles. The first kappa shape index (κ1) is 13.9. The molecule has 0 aliphatic rings. The maximum absolute atomic E-state index is 3.40. The fourth-order valence-electron chi connectivity index (χ4n) is 1.67. The van der Waals surface area contributed by atoms with Crippen molar-refractivity contribution in [3.63, 3.8) is 0 Å². The van der Waals surface area contributed by atoms with E-state index in [-0.39, 0.29) is 0 Å². The highest BCUT2D eigenvalue weighted by molar-refractivity contribution is 4.73. The van der Waals surface area contributed by atoms with Gasteiger partial charge in [-0.2, -0.15) is 0 Å². The average molecular weight is 200 g/mol. The maximum atomic E-state index is 3.40. The zero-order chi connectivity index (χ0) is 11.0. The fourth-order valence-corrected chi connectivity index (χ4v) is 1.67. The number of hydrogen-bond donors (Lipinski definition) is 1. The topological polar surface area (TPSA) is 15.3 Å². The monoisotopic (exact) mass is 200 g/mol. The predicted molar refractivity (Wildman–Crippen MR) is 64.7 cm³/mol. The van der Waals surface area contributed by atoms with Crippen molar-refractivity contribution >= 4 is 0 Å². The van der Waals surface area contributed by atoms with Crippen LogP contribution in [-0.4, -0.2) is 37.6 Å². The SMILES string of the molecule is CCCCN(CC)C[C@H](NC)C(C)C. The van der Waals surface area contributed by atoms with Crippen LogP contribution in [-0.2, 0) is 0 Å². The summed E-state index contributed by atoms with van der Waals surface area (Å²) < 4.78 is 0. The number of nitrogens with one attached hydrogen (secondary N) is 1. The van der Waals surface area contributed by atoms with Gasteiger partial charge in [0.05, 0.1) is 0 Å². The van der Waals surface area contributed by atoms with Crippen LogP contribution in [0, 0.1) is 5.92 Å². The summed E-state index contributed by atoms with van der Waals surface area (Å²) in [6.45, 7) is 12.7. The standard InChI is InChI=1S/C12H28N2/c1-6-8-9-14(7-2)10-12(13-5)11(3)4/h11-13H,6-10H2,1-5H3/t12-/m0/s1. The van der Waals surface area contributed by atoms with Crippen molar-refractivity contribution in [1.29, 1.82) is 0 Å². The molecule has 0 aromatic carbocycles. The smallest absolute Gasteiger partial charge is 0.0214 e. The van der Waals surface area contributed by atoms with E-state index in [0.29, 0.717) is 6.04 Å². The van der Waals surface area contributed by atoms with E-state index in [4.69, 9.17) is 0 Å². The van der Waals surface area contributed by atoms with Crippen molar-refractivity contribution in [2.75, 3.05) is 26.7 Å². The predicted octanol–water partition coefficient (Wildman–Crippen LogP) is 2.35. The Bertz CT molecular complexity index is 123. The van der Waals surface area contributed by atoms with E-state index < -0.39 is 0 Å². The van der Waals surface area contributed by atoms with E-state index in [1.807, 2.05) is 0 Å². The first-order valence-electron chi connectivity index (χ1n) is 6.05. The first-order chi connectivity index (χ1) is 6.65. The number of hydrogen-bond acceptors (Lipinski definition) is 2. The molecule has 2 heteroatoms. The number of nitrogens with zero attached hydrogens (tertiary/aromatic N) is 1. The van der Waals surface area contributed by atoms with Crippen LogP contribution in [0.3, 0.4) is 0 Å². The molecule has 0 aromatic rings. The van der Waals surface area contributed by atoms with Crippen molar-refractivity contribution < 1.29 is 0 Å². The average Bonchev–Trinajstić information content (AvgIpc) is 2.18. The lowest BCUT2D eigenvalue weighted by molar-refractivity contribution is 0.229. The lowest BCUT2D eigenvalue weighted by Gasteiger charge is -2.28. The summed E-state index contributed by atoms with van der Waals surface area (Å²) in [7, 11) is 2.07. The van der Waals surface area contributed by atoms with E-state index in [9.17, 15) is 0 Å². The van der Waals surface area contributed by atoms with Crippen LogP contribution in [0.1, 0.15) is 40.5 Å². The number of unbranched alkanes of at least 4 members (excludes halogenated alkanes) is 1. The maximum Gasteiger partial charge on any atom is 0.0214 e. The van der Waals surface area contributed by atoms with Gasteiger partial charge in [-0.25, -0.2) is 0 Å². The molecular weight excluding hydrogens is 172 g/mol. The fraction of sp³-hybridized carbons (Fsp3) is 1.00. The molecule has 86 valence electrons. The molecule has 0 heterocycles. The molecule has 0 aliphatic carbocycles. The molecule has 1 atom stereocenters. The summed E-state index contributed by atoms with van der Waals surface area (Å²) >= 11 is 0. The van der Waals surface area contributed by atoms with Gasteiger partial charge < -0.3 is 10.2 Å². The molecule has 0 aromatic heterocycles. The molecular formula is C12H28N2. The number of likely N-dealkylation sites (N-methyl/N-ethyl adjacent to an activating group) is 2. The van der Waals surface area contributed by atoms with E-state index in [1.165, 1.54) is 32.5 Å². The minimum Gasteiger partial charge on any atom is -0.315 e. The van der Waals surface area contributed by atoms with Gasteiger partial charge >= 0.3 is 0 Å². The molecule has 14 heavy (non-hydrogen) atoms. The molecule has 0 spiro atoms. The Balaban J connectivity index is 3.87. The van der Waals surface area contributed by atoms with Gasteiger partial charge in [0.1, 0.15) is 0 Å². The van der Waals surface area contributed by atoms with Gasteiger partial charge in [0.15, 0.2) is 0 Å². The van der Waals surface area contributed by atoms with Gasteiger partial charge in [-0.15, -0.1) is 0 Å². The molecule has 0 unspecified atom stereocenters. The van der Waals surface area contributed by atoms with Gasteiger partial charge in [0.25, 0.3) is 0 Å². The van der Waals surface area contributed by atoms with Crippen molar-refractivity contribution in [2.24, 2.45) is 5.92 Å². The Labute approximate surface area is 90.1 Å². The zero-order valence-electron chi connectivity index (χ0n) is 10.6. The molecule has 2 nitrogen and oxygen atoms in total. The van der Waals surface area contributed by atoms with Gasteiger partial charge in [-0.3, -0.25) is 0 Å². The Hall–Kier alpha value is -0.0800. The molecule has 0 fully saturated rings. The van der Waals surface area contributed by atoms with Crippen LogP contribution >= 0.6 is 0 Å². The molecule has 0 aliphatic heterocycles. The Morgan fingerprint density at radius 3 is 2.21 bits per heavy atom. The third kappa shape index (κ3) is 5.61. The summed E-state index contributed by atoms with van der Waals surface area (Å²) in [6.07, 6.45) is 2.62. The largest absolute Gasteiger partial charge is 0.315 e. The molecule has 1 N–H and O–H groups in total. The minimum atomic E-state index is 0.631. The van der Waals surface area contributed by atoms with Crippen LogP contribution < -0.4 is 5.32 Å². The second-order valence-corrected chi connectivity index (χ2v) is 4.39. The molecule has 0 radical (unpaired) electrons. The van der Waals surface area contributed by atoms with Crippen LogP contribution in [0.25, 0.3) is 0 Å². The van der Waals surface area contributed by atoms with Crippen LogP contribution in [0.15, 0.2) is 0 Å². The summed E-state index contributed by atoms with van der Waals surface area (Å²) in [6, 6.07) is 0.631. The Morgan fingerprint density at radius 1 is 1.21 bits per heavy atom. The van der Waals surface area contributed by atoms with Crippen LogP contribution in [0.2, 0.25) is 0 Å². The molecule has 0 bridgehead atoms. The van der Waals surface area contributed by atoms with Crippen LogP contribution in [0.5, 0.6) is 0 Å². The molecule has 0 amide bonds. The first-order valence-corrected chi connectivity index (χ1v) is 6.05. The molecule has 0 rings (SSSR count). The summed E-state index contributed by atoms with van der Waals surface area (Å²) in [4.78, 5) is 2.55. The van der Waals surface area contributed by atoms with E-state index >= 15 is 0 Å². The Kier molecular flexibility index (Phi) is 8.20. The third-order valence-electron chi connectivity index (χ3n) is 2.91. The highest BCUT2D eigenvalue weighted by atomic mass is 15.1. The number of rotatable bonds is 8. The lowest BCUT2D eigenvalue weighted by Crippen LogP contribution is -2.42. The minimum absolute atomic E-state index is 0.631. The van der Waals surface area contributed by atoms with Gasteiger partial charge in [0.2, 0.25) is 0 Å². The van der Waals surface area contributed by atoms with Crippen molar-refractivity contribution in [3.8, 4) is 0 Å². The summed E-state index contributed by atoms with van der Waals surface area (Å²) in [5, 5.41) is 3.40. The lowest BCUT2D eigenvalue weighted by atomic mass is 10.0. The molecule has 0 saturated heterocycles. The third-order valence-corrected chi connectivity index (χ3v) is 2.91. The second-order valence-electron chi connectivity index (χ2n) is 4.39. The summed E-state index contributed by atoms with van der Waals surface area (Å²) in [5.74, 6) is 0.718. The van der Waals surface area contributed by atoms with Gasteiger partial charge in [0, 0.05) is 12.6 Å². The van der Waals surface area contributed by atoms with Crippen molar-refractivity contribution in [1.82, 2.24) is 10.2 Å². The normalized spacial score (nSPS) is 13.9. The Morgan fingerprint density at radius 2 is 1.86 bits per heavy atom.